The molecule has 0 saturated heterocycles. The van der Waals surface area contributed by atoms with E-state index in [0.29, 0.717) is 16.7 Å². The third kappa shape index (κ3) is 2.86. The van der Waals surface area contributed by atoms with E-state index in [1.165, 1.54) is 13.2 Å². The SMILES string of the molecule is COCc1cc(C(=O)OC)ccc1-c1ccccc1F. The molecule has 0 aliphatic heterocycles. The summed E-state index contributed by atoms with van der Waals surface area (Å²) >= 11 is 0. The molecule has 0 aliphatic rings. The summed E-state index contributed by atoms with van der Waals surface area (Å²) in [6, 6.07) is 11.5. The van der Waals surface area contributed by atoms with Gasteiger partial charge in [0.2, 0.25) is 0 Å². The van der Waals surface area contributed by atoms with Gasteiger partial charge in [-0.25, -0.2) is 9.18 Å². The average molecular weight is 274 g/mol. The second kappa shape index (κ2) is 6.30. The van der Waals surface area contributed by atoms with E-state index >= 15 is 0 Å². The fraction of sp³-hybridized carbons (Fsp3) is 0.188. The summed E-state index contributed by atoms with van der Waals surface area (Å²) in [5, 5.41) is 0. The highest BCUT2D eigenvalue weighted by molar-refractivity contribution is 5.90. The Bertz CT molecular complexity index is 623. The molecule has 0 amide bonds. The quantitative estimate of drug-likeness (QED) is 0.801. The first-order chi connectivity index (χ1) is 9.67. The highest BCUT2D eigenvalue weighted by Gasteiger charge is 2.13. The largest absolute Gasteiger partial charge is 0.465 e. The Balaban J connectivity index is 2.53. The van der Waals surface area contributed by atoms with E-state index in [0.717, 1.165) is 5.56 Å². The molecule has 0 unspecified atom stereocenters. The smallest absolute Gasteiger partial charge is 0.337 e. The first kappa shape index (κ1) is 14.2. The molecule has 0 heterocycles. The van der Waals surface area contributed by atoms with E-state index in [9.17, 15) is 9.18 Å². The number of rotatable bonds is 4. The van der Waals surface area contributed by atoms with Gasteiger partial charge in [-0.2, -0.15) is 0 Å². The van der Waals surface area contributed by atoms with Gasteiger partial charge < -0.3 is 9.47 Å². The second-order valence-corrected chi connectivity index (χ2v) is 4.28. The van der Waals surface area contributed by atoms with Gasteiger partial charge in [-0.3, -0.25) is 0 Å². The van der Waals surface area contributed by atoms with E-state index < -0.39 is 5.97 Å². The lowest BCUT2D eigenvalue weighted by Gasteiger charge is -2.11. The van der Waals surface area contributed by atoms with Gasteiger partial charge in [0.25, 0.3) is 0 Å². The van der Waals surface area contributed by atoms with Crippen molar-refractivity contribution >= 4 is 5.97 Å². The highest BCUT2D eigenvalue weighted by atomic mass is 19.1. The molecule has 3 nitrogen and oxygen atoms in total. The first-order valence-corrected chi connectivity index (χ1v) is 6.12. The minimum atomic E-state index is -0.428. The van der Waals surface area contributed by atoms with Gasteiger partial charge in [-0.15, -0.1) is 0 Å². The first-order valence-electron chi connectivity index (χ1n) is 6.12. The molecule has 2 aromatic rings. The van der Waals surface area contributed by atoms with Crippen LogP contribution in [0.4, 0.5) is 4.39 Å². The predicted molar refractivity (Wildman–Crippen MR) is 73.9 cm³/mol. The van der Waals surface area contributed by atoms with Gasteiger partial charge >= 0.3 is 5.97 Å². The van der Waals surface area contributed by atoms with Crippen molar-refractivity contribution in [2.75, 3.05) is 14.2 Å². The van der Waals surface area contributed by atoms with Crippen molar-refractivity contribution in [1.29, 1.82) is 0 Å². The van der Waals surface area contributed by atoms with Gasteiger partial charge in [0.05, 0.1) is 19.3 Å². The molecule has 0 spiro atoms. The zero-order valence-corrected chi connectivity index (χ0v) is 11.4. The normalized spacial score (nSPS) is 10.3. The Kier molecular flexibility index (Phi) is 4.48. The summed E-state index contributed by atoms with van der Waals surface area (Å²) in [6.45, 7) is 0.286. The van der Waals surface area contributed by atoms with Crippen LogP contribution in [0.5, 0.6) is 0 Å². The molecule has 0 radical (unpaired) electrons. The van der Waals surface area contributed by atoms with Crippen LogP contribution in [0.3, 0.4) is 0 Å². The molecule has 0 fully saturated rings. The summed E-state index contributed by atoms with van der Waals surface area (Å²) in [6.07, 6.45) is 0. The van der Waals surface area contributed by atoms with E-state index in [1.54, 1.807) is 43.5 Å². The van der Waals surface area contributed by atoms with Crippen molar-refractivity contribution < 1.29 is 18.7 Å². The van der Waals surface area contributed by atoms with Crippen molar-refractivity contribution in [3.05, 3.63) is 59.4 Å². The van der Waals surface area contributed by atoms with Gasteiger partial charge in [0, 0.05) is 12.7 Å². The Labute approximate surface area is 117 Å². The van der Waals surface area contributed by atoms with Crippen LogP contribution >= 0.6 is 0 Å². The van der Waals surface area contributed by atoms with Crippen molar-refractivity contribution in [3.8, 4) is 11.1 Å². The fourth-order valence-electron chi connectivity index (χ4n) is 2.06. The molecule has 0 saturated carbocycles. The standard InChI is InChI=1S/C16H15FO3/c1-19-10-12-9-11(16(18)20-2)7-8-13(12)14-5-3-4-6-15(14)17/h3-9H,10H2,1-2H3. The van der Waals surface area contributed by atoms with Crippen LogP contribution in [-0.2, 0) is 16.1 Å². The topological polar surface area (TPSA) is 35.5 Å². The maximum Gasteiger partial charge on any atom is 0.337 e. The predicted octanol–water partition coefficient (Wildman–Crippen LogP) is 3.43. The van der Waals surface area contributed by atoms with Crippen LogP contribution in [0.1, 0.15) is 15.9 Å². The second-order valence-electron chi connectivity index (χ2n) is 4.28. The van der Waals surface area contributed by atoms with Gasteiger partial charge in [0.15, 0.2) is 0 Å². The summed E-state index contributed by atoms with van der Waals surface area (Å²) in [4.78, 5) is 11.5. The number of hydrogen-bond donors (Lipinski definition) is 0. The van der Waals surface area contributed by atoms with Crippen molar-refractivity contribution in [3.63, 3.8) is 0 Å². The molecular weight excluding hydrogens is 259 g/mol. The number of hydrogen-bond acceptors (Lipinski definition) is 3. The Morgan fingerprint density at radius 1 is 1.10 bits per heavy atom. The minimum absolute atomic E-state index is 0.286. The molecule has 0 N–H and O–H groups in total. The Hall–Kier alpha value is -2.20. The molecule has 2 aromatic carbocycles. The third-order valence-electron chi connectivity index (χ3n) is 2.99. The van der Waals surface area contributed by atoms with Crippen LogP contribution in [0.25, 0.3) is 11.1 Å². The summed E-state index contributed by atoms with van der Waals surface area (Å²) in [5.74, 6) is -0.738. The molecule has 4 heteroatoms. The van der Waals surface area contributed by atoms with Gasteiger partial charge in [0.1, 0.15) is 5.82 Å². The van der Waals surface area contributed by atoms with Crippen LogP contribution in [-0.4, -0.2) is 20.2 Å². The molecule has 0 aromatic heterocycles. The maximum atomic E-state index is 13.9. The van der Waals surface area contributed by atoms with E-state index in [4.69, 9.17) is 4.74 Å². The lowest BCUT2D eigenvalue weighted by Crippen LogP contribution is -2.03. The molecule has 104 valence electrons. The molecule has 0 atom stereocenters. The third-order valence-corrected chi connectivity index (χ3v) is 2.99. The number of ether oxygens (including phenoxy) is 2. The molecular formula is C16H15FO3. The van der Waals surface area contributed by atoms with Crippen molar-refractivity contribution in [2.45, 2.75) is 6.61 Å². The van der Waals surface area contributed by atoms with E-state index in [-0.39, 0.29) is 12.4 Å². The number of methoxy groups -OCH3 is 2. The van der Waals surface area contributed by atoms with E-state index in [1.807, 2.05) is 0 Å². The van der Waals surface area contributed by atoms with Crippen LogP contribution in [0, 0.1) is 5.82 Å². The number of carbonyl (C=O) groups is 1. The van der Waals surface area contributed by atoms with Gasteiger partial charge in [-0.05, 0) is 29.3 Å². The van der Waals surface area contributed by atoms with Crippen molar-refractivity contribution in [1.82, 2.24) is 0 Å². The lowest BCUT2D eigenvalue weighted by molar-refractivity contribution is 0.0600. The van der Waals surface area contributed by atoms with Crippen LogP contribution < -0.4 is 0 Å². The molecule has 2 rings (SSSR count). The number of carbonyl (C=O) groups excluding carboxylic acids is 1. The Morgan fingerprint density at radius 2 is 1.85 bits per heavy atom. The Morgan fingerprint density at radius 3 is 2.50 bits per heavy atom. The van der Waals surface area contributed by atoms with Crippen LogP contribution in [0.15, 0.2) is 42.5 Å². The monoisotopic (exact) mass is 274 g/mol. The summed E-state index contributed by atoms with van der Waals surface area (Å²) in [5.41, 5.74) is 2.34. The maximum absolute atomic E-state index is 13.9. The molecule has 20 heavy (non-hydrogen) atoms. The summed E-state index contributed by atoms with van der Waals surface area (Å²) in [7, 11) is 2.87. The zero-order chi connectivity index (χ0) is 14.5. The van der Waals surface area contributed by atoms with Gasteiger partial charge in [-0.1, -0.05) is 24.3 Å². The number of benzene rings is 2. The van der Waals surface area contributed by atoms with Crippen LogP contribution in [0.2, 0.25) is 0 Å². The summed E-state index contributed by atoms with van der Waals surface area (Å²) < 4.78 is 23.7. The number of halogens is 1. The minimum Gasteiger partial charge on any atom is -0.465 e. The average Bonchev–Trinajstić information content (AvgIpc) is 2.47. The number of esters is 1. The highest BCUT2D eigenvalue weighted by Crippen LogP contribution is 2.28. The molecule has 0 bridgehead atoms. The van der Waals surface area contributed by atoms with E-state index in [2.05, 4.69) is 4.74 Å². The lowest BCUT2D eigenvalue weighted by atomic mass is 9.97. The zero-order valence-electron chi connectivity index (χ0n) is 11.4. The van der Waals surface area contributed by atoms with Crippen molar-refractivity contribution in [2.24, 2.45) is 0 Å². The molecule has 0 aliphatic carbocycles. The fourth-order valence-corrected chi connectivity index (χ4v) is 2.06.